The predicted octanol–water partition coefficient (Wildman–Crippen LogP) is -0.710. The zero-order valence-electron chi connectivity index (χ0n) is 7.09. The Morgan fingerprint density at radius 2 is 2.00 bits per heavy atom. The van der Waals surface area contributed by atoms with Gasteiger partial charge in [0.1, 0.15) is 0 Å². The number of piperidine rings is 1. The molecule has 2 nitrogen and oxygen atoms in total. The third-order valence-electron chi connectivity index (χ3n) is 2.74. The lowest BCUT2D eigenvalue weighted by Gasteiger charge is -2.34. The molecule has 0 aromatic rings. The van der Waals surface area contributed by atoms with Crippen LogP contribution in [0.25, 0.3) is 0 Å². The standard InChI is InChI=1S/C8H17NO/c1-6-5-9(3)7(2)4-8(6)10/h6-8,10H,4-5H2,1-3H3/p+1/t6-,7+,8-/m1/s1. The van der Waals surface area contributed by atoms with Gasteiger partial charge in [0.05, 0.1) is 25.7 Å². The number of hydrogen-bond donors (Lipinski definition) is 2. The first-order valence-corrected chi connectivity index (χ1v) is 4.11. The van der Waals surface area contributed by atoms with Crippen molar-refractivity contribution in [3.8, 4) is 0 Å². The first-order chi connectivity index (χ1) is 4.61. The van der Waals surface area contributed by atoms with Gasteiger partial charge in [0, 0.05) is 12.3 Å². The Morgan fingerprint density at radius 1 is 1.40 bits per heavy atom. The van der Waals surface area contributed by atoms with Crippen molar-refractivity contribution in [2.24, 2.45) is 5.92 Å². The Hall–Kier alpha value is -0.0800. The number of nitrogens with one attached hydrogen (secondary N) is 1. The number of likely N-dealkylation sites (tertiary alicyclic amines) is 1. The second-order valence-electron chi connectivity index (χ2n) is 3.73. The third kappa shape index (κ3) is 1.50. The van der Waals surface area contributed by atoms with Gasteiger partial charge in [-0.1, -0.05) is 6.92 Å². The molecule has 0 bridgehead atoms. The molecule has 2 heteroatoms. The monoisotopic (exact) mass is 144 g/mol. The van der Waals surface area contributed by atoms with Crippen molar-refractivity contribution >= 4 is 0 Å². The molecule has 60 valence electrons. The smallest absolute Gasteiger partial charge is 0.0869 e. The molecule has 2 N–H and O–H groups in total. The highest BCUT2D eigenvalue weighted by Gasteiger charge is 2.30. The number of aliphatic hydroxyl groups is 1. The Labute approximate surface area is 62.8 Å². The van der Waals surface area contributed by atoms with Crippen molar-refractivity contribution in [1.82, 2.24) is 0 Å². The normalized spacial score (nSPS) is 49.2. The predicted molar refractivity (Wildman–Crippen MR) is 41.0 cm³/mol. The maximum Gasteiger partial charge on any atom is 0.0869 e. The molecule has 1 heterocycles. The van der Waals surface area contributed by atoms with Crippen LogP contribution in [0.5, 0.6) is 0 Å². The molecule has 1 fully saturated rings. The van der Waals surface area contributed by atoms with Gasteiger partial charge in [-0.3, -0.25) is 0 Å². The first kappa shape index (κ1) is 8.02. The topological polar surface area (TPSA) is 24.7 Å². The number of hydrogen-bond acceptors (Lipinski definition) is 1. The highest BCUT2D eigenvalue weighted by atomic mass is 16.3. The van der Waals surface area contributed by atoms with Crippen LogP contribution in [0, 0.1) is 5.92 Å². The number of aliphatic hydroxyl groups excluding tert-OH is 1. The number of rotatable bonds is 0. The minimum Gasteiger partial charge on any atom is -0.392 e. The second kappa shape index (κ2) is 2.89. The first-order valence-electron chi connectivity index (χ1n) is 4.11. The van der Waals surface area contributed by atoms with Gasteiger partial charge >= 0.3 is 0 Å². The quantitative estimate of drug-likeness (QED) is 0.461. The second-order valence-corrected chi connectivity index (χ2v) is 3.73. The molecule has 10 heavy (non-hydrogen) atoms. The molecule has 1 aliphatic rings. The van der Waals surface area contributed by atoms with E-state index in [4.69, 9.17) is 0 Å². The largest absolute Gasteiger partial charge is 0.392 e. The summed E-state index contributed by atoms with van der Waals surface area (Å²) in [6, 6.07) is 0.631. The lowest BCUT2D eigenvalue weighted by molar-refractivity contribution is -0.914. The van der Waals surface area contributed by atoms with Crippen LogP contribution in [0.3, 0.4) is 0 Å². The average Bonchev–Trinajstić information content (AvgIpc) is 1.84. The van der Waals surface area contributed by atoms with E-state index in [0.717, 1.165) is 13.0 Å². The Kier molecular flexibility index (Phi) is 2.32. The van der Waals surface area contributed by atoms with E-state index in [1.165, 1.54) is 0 Å². The van der Waals surface area contributed by atoms with E-state index in [2.05, 4.69) is 20.9 Å². The molecule has 4 atom stereocenters. The lowest BCUT2D eigenvalue weighted by Crippen LogP contribution is -3.14. The van der Waals surface area contributed by atoms with Gasteiger partial charge in [-0.25, -0.2) is 0 Å². The van der Waals surface area contributed by atoms with Gasteiger partial charge < -0.3 is 10.0 Å². The Balaban J connectivity index is 2.46. The summed E-state index contributed by atoms with van der Waals surface area (Å²) in [4.78, 5) is 1.55. The van der Waals surface area contributed by atoms with E-state index in [1.54, 1.807) is 4.90 Å². The maximum atomic E-state index is 9.45. The van der Waals surface area contributed by atoms with Crippen LogP contribution >= 0.6 is 0 Å². The summed E-state index contributed by atoms with van der Waals surface area (Å²) in [5.74, 6) is 0.483. The van der Waals surface area contributed by atoms with Crippen molar-refractivity contribution in [2.45, 2.75) is 32.4 Å². The Morgan fingerprint density at radius 3 is 2.50 bits per heavy atom. The van der Waals surface area contributed by atoms with E-state index in [0.29, 0.717) is 12.0 Å². The van der Waals surface area contributed by atoms with Crippen LogP contribution in [0.1, 0.15) is 20.3 Å². The van der Waals surface area contributed by atoms with Crippen molar-refractivity contribution in [1.29, 1.82) is 0 Å². The molecular formula is C8H18NO+. The van der Waals surface area contributed by atoms with Crippen LogP contribution < -0.4 is 4.90 Å². The lowest BCUT2D eigenvalue weighted by atomic mass is 9.93. The van der Waals surface area contributed by atoms with Crippen LogP contribution in [0.15, 0.2) is 0 Å². The van der Waals surface area contributed by atoms with Crippen LogP contribution in [0.4, 0.5) is 0 Å². The summed E-state index contributed by atoms with van der Waals surface area (Å²) >= 11 is 0. The van der Waals surface area contributed by atoms with E-state index < -0.39 is 0 Å². The number of quaternary nitrogens is 1. The zero-order chi connectivity index (χ0) is 7.72. The molecule has 0 spiro atoms. The summed E-state index contributed by atoms with van der Waals surface area (Å²) in [5, 5.41) is 9.45. The fourth-order valence-corrected chi connectivity index (χ4v) is 1.64. The van der Waals surface area contributed by atoms with Crippen LogP contribution in [0.2, 0.25) is 0 Å². The highest BCUT2D eigenvalue weighted by Crippen LogP contribution is 2.10. The average molecular weight is 144 g/mol. The van der Waals surface area contributed by atoms with Crippen molar-refractivity contribution in [3.05, 3.63) is 0 Å². The van der Waals surface area contributed by atoms with Crippen LogP contribution in [-0.4, -0.2) is 30.8 Å². The van der Waals surface area contributed by atoms with Gasteiger partial charge in [0.15, 0.2) is 0 Å². The van der Waals surface area contributed by atoms with E-state index in [1.807, 2.05) is 0 Å². The molecule has 1 unspecified atom stereocenters. The molecule has 0 radical (unpaired) electrons. The Bertz CT molecular complexity index is 89.8. The molecule has 1 saturated heterocycles. The zero-order valence-corrected chi connectivity index (χ0v) is 7.09. The molecule has 0 aromatic heterocycles. The molecule has 1 rings (SSSR count). The summed E-state index contributed by atoms with van der Waals surface area (Å²) in [6.45, 7) is 5.44. The molecule has 0 aliphatic carbocycles. The molecule has 0 aromatic carbocycles. The fourth-order valence-electron chi connectivity index (χ4n) is 1.64. The summed E-state index contributed by atoms with van der Waals surface area (Å²) in [7, 11) is 2.20. The van der Waals surface area contributed by atoms with Crippen molar-refractivity contribution in [2.75, 3.05) is 13.6 Å². The van der Waals surface area contributed by atoms with Gasteiger partial charge in [0.2, 0.25) is 0 Å². The fraction of sp³-hybridized carbons (Fsp3) is 1.00. The minimum atomic E-state index is -0.0568. The molecule has 0 amide bonds. The van der Waals surface area contributed by atoms with Gasteiger partial charge in [-0.2, -0.15) is 0 Å². The minimum absolute atomic E-state index is 0.0568. The van der Waals surface area contributed by atoms with E-state index >= 15 is 0 Å². The highest BCUT2D eigenvalue weighted by molar-refractivity contribution is 4.70. The van der Waals surface area contributed by atoms with Crippen molar-refractivity contribution < 1.29 is 10.0 Å². The third-order valence-corrected chi connectivity index (χ3v) is 2.74. The summed E-state index contributed by atoms with van der Waals surface area (Å²) in [5.41, 5.74) is 0. The molecule has 1 aliphatic heterocycles. The van der Waals surface area contributed by atoms with Crippen LogP contribution in [-0.2, 0) is 0 Å². The SMILES string of the molecule is C[C@@H]1C[NH+](C)[C@@H](C)C[C@H]1O. The van der Waals surface area contributed by atoms with Gasteiger partial charge in [-0.15, -0.1) is 0 Å². The van der Waals surface area contributed by atoms with Gasteiger partial charge in [-0.05, 0) is 6.92 Å². The van der Waals surface area contributed by atoms with Gasteiger partial charge in [0.25, 0.3) is 0 Å². The van der Waals surface area contributed by atoms with E-state index in [-0.39, 0.29) is 6.10 Å². The maximum absolute atomic E-state index is 9.45. The van der Waals surface area contributed by atoms with Crippen molar-refractivity contribution in [3.63, 3.8) is 0 Å². The molecular weight excluding hydrogens is 126 g/mol. The summed E-state index contributed by atoms with van der Waals surface area (Å²) < 4.78 is 0. The van der Waals surface area contributed by atoms with E-state index in [9.17, 15) is 5.11 Å². The summed E-state index contributed by atoms with van der Waals surface area (Å²) in [6.07, 6.45) is 0.909. The molecule has 0 saturated carbocycles.